The lowest BCUT2D eigenvalue weighted by Crippen LogP contribution is -2.30. The van der Waals surface area contributed by atoms with Gasteiger partial charge in [-0.15, -0.1) is 0 Å². The Hall–Kier alpha value is -1.88. The highest BCUT2D eigenvalue weighted by molar-refractivity contribution is 5.90. The van der Waals surface area contributed by atoms with Gasteiger partial charge in [0, 0.05) is 32.1 Å². The number of nitrogens with zero attached hydrogens (tertiary/aromatic N) is 3. The summed E-state index contributed by atoms with van der Waals surface area (Å²) in [5.41, 5.74) is 0.994. The molecule has 3 rings (SSSR count). The molecule has 1 aliphatic heterocycles. The van der Waals surface area contributed by atoms with Crippen molar-refractivity contribution in [3.8, 4) is 0 Å². The molecular formula is C16H22N4O. The number of methoxy groups -OCH3 is 1. The average Bonchev–Trinajstić information content (AvgIpc) is 2.55. The summed E-state index contributed by atoms with van der Waals surface area (Å²) < 4.78 is 5.07. The van der Waals surface area contributed by atoms with Crippen LogP contribution in [-0.4, -0.2) is 43.3 Å². The summed E-state index contributed by atoms with van der Waals surface area (Å²) in [6.45, 7) is 3.53. The number of hydrogen-bond acceptors (Lipinski definition) is 5. The van der Waals surface area contributed by atoms with E-state index in [1.165, 1.54) is 19.3 Å². The first-order valence-electron chi connectivity index (χ1n) is 7.63. The standard InChI is InChI=1S/C16H22N4O/c1-21-12-9-17-16-18-14-8-4-3-7-13(14)15(19-16)20-10-5-2-6-11-20/h3-4,7-8H,2,5-6,9-12H2,1H3,(H,17,18,19). The normalized spacial score (nSPS) is 15.4. The molecule has 0 saturated carbocycles. The smallest absolute Gasteiger partial charge is 0.225 e. The van der Waals surface area contributed by atoms with Gasteiger partial charge in [-0.1, -0.05) is 12.1 Å². The van der Waals surface area contributed by atoms with E-state index in [9.17, 15) is 0 Å². The van der Waals surface area contributed by atoms with Crippen LogP contribution in [0.5, 0.6) is 0 Å². The molecule has 5 nitrogen and oxygen atoms in total. The first-order chi connectivity index (χ1) is 10.4. The fraction of sp³-hybridized carbons (Fsp3) is 0.500. The van der Waals surface area contributed by atoms with Gasteiger partial charge in [-0.05, 0) is 31.4 Å². The molecule has 0 bridgehead atoms. The number of ether oxygens (including phenoxy) is 1. The molecule has 1 aromatic carbocycles. The Kier molecular flexibility index (Phi) is 4.50. The highest BCUT2D eigenvalue weighted by Crippen LogP contribution is 2.27. The van der Waals surface area contributed by atoms with Gasteiger partial charge >= 0.3 is 0 Å². The number of para-hydroxylation sites is 1. The summed E-state index contributed by atoms with van der Waals surface area (Å²) in [6.07, 6.45) is 3.80. The zero-order chi connectivity index (χ0) is 14.5. The lowest BCUT2D eigenvalue weighted by Gasteiger charge is -2.28. The van der Waals surface area contributed by atoms with E-state index in [-0.39, 0.29) is 0 Å². The maximum absolute atomic E-state index is 5.07. The second kappa shape index (κ2) is 6.72. The van der Waals surface area contributed by atoms with Crippen molar-refractivity contribution in [1.82, 2.24) is 9.97 Å². The van der Waals surface area contributed by atoms with Crippen molar-refractivity contribution in [3.05, 3.63) is 24.3 Å². The Bertz CT molecular complexity index is 596. The Morgan fingerprint density at radius 2 is 1.95 bits per heavy atom. The van der Waals surface area contributed by atoms with Crippen molar-refractivity contribution in [2.45, 2.75) is 19.3 Å². The molecule has 1 N–H and O–H groups in total. The summed E-state index contributed by atoms with van der Waals surface area (Å²) in [5, 5.41) is 4.38. The lowest BCUT2D eigenvalue weighted by molar-refractivity contribution is 0.210. The van der Waals surface area contributed by atoms with Crippen LogP contribution in [0.2, 0.25) is 0 Å². The fourth-order valence-corrected chi connectivity index (χ4v) is 2.75. The van der Waals surface area contributed by atoms with E-state index in [2.05, 4.69) is 27.3 Å². The average molecular weight is 286 g/mol. The third kappa shape index (κ3) is 3.24. The summed E-state index contributed by atoms with van der Waals surface area (Å²) in [7, 11) is 1.70. The van der Waals surface area contributed by atoms with Crippen LogP contribution in [0.15, 0.2) is 24.3 Å². The van der Waals surface area contributed by atoms with Crippen LogP contribution < -0.4 is 10.2 Å². The number of aromatic nitrogens is 2. The lowest BCUT2D eigenvalue weighted by atomic mass is 10.1. The van der Waals surface area contributed by atoms with Gasteiger partial charge in [0.05, 0.1) is 12.1 Å². The van der Waals surface area contributed by atoms with Gasteiger partial charge in [-0.3, -0.25) is 0 Å². The molecule has 2 heterocycles. The third-order valence-electron chi connectivity index (χ3n) is 3.83. The van der Waals surface area contributed by atoms with E-state index in [0.717, 1.165) is 29.8 Å². The monoisotopic (exact) mass is 286 g/mol. The number of nitrogens with one attached hydrogen (secondary N) is 1. The maximum atomic E-state index is 5.07. The Labute approximate surface area is 125 Å². The molecule has 2 aromatic rings. The molecule has 0 radical (unpaired) electrons. The Balaban J connectivity index is 1.94. The number of rotatable bonds is 5. The van der Waals surface area contributed by atoms with E-state index < -0.39 is 0 Å². The van der Waals surface area contributed by atoms with Crippen LogP contribution in [0, 0.1) is 0 Å². The minimum Gasteiger partial charge on any atom is -0.383 e. The predicted octanol–water partition coefficient (Wildman–Crippen LogP) is 2.68. The molecule has 21 heavy (non-hydrogen) atoms. The van der Waals surface area contributed by atoms with Crippen LogP contribution in [0.1, 0.15) is 19.3 Å². The molecule has 0 atom stereocenters. The van der Waals surface area contributed by atoms with Crippen molar-refractivity contribution < 1.29 is 4.74 Å². The Morgan fingerprint density at radius 3 is 2.76 bits per heavy atom. The summed E-state index contributed by atoms with van der Waals surface area (Å²) in [5.74, 6) is 1.74. The van der Waals surface area contributed by atoms with Gasteiger partial charge < -0.3 is 15.0 Å². The van der Waals surface area contributed by atoms with Gasteiger partial charge in [0.15, 0.2) is 0 Å². The molecule has 0 spiro atoms. The second-order valence-corrected chi connectivity index (χ2v) is 5.36. The number of anilines is 2. The fourth-order valence-electron chi connectivity index (χ4n) is 2.75. The van der Waals surface area contributed by atoms with Gasteiger partial charge in [0.1, 0.15) is 5.82 Å². The van der Waals surface area contributed by atoms with Gasteiger partial charge in [0.2, 0.25) is 5.95 Å². The number of hydrogen-bond donors (Lipinski definition) is 1. The topological polar surface area (TPSA) is 50.3 Å². The number of piperidine rings is 1. The van der Waals surface area contributed by atoms with E-state index in [1.807, 2.05) is 12.1 Å². The maximum Gasteiger partial charge on any atom is 0.225 e. The number of benzene rings is 1. The molecule has 0 unspecified atom stereocenters. The first-order valence-corrected chi connectivity index (χ1v) is 7.63. The quantitative estimate of drug-likeness (QED) is 0.856. The van der Waals surface area contributed by atoms with Crippen molar-refractivity contribution in [3.63, 3.8) is 0 Å². The molecule has 5 heteroatoms. The van der Waals surface area contributed by atoms with Crippen molar-refractivity contribution in [2.24, 2.45) is 0 Å². The summed E-state index contributed by atoms with van der Waals surface area (Å²) >= 11 is 0. The van der Waals surface area contributed by atoms with Gasteiger partial charge in [-0.25, -0.2) is 4.98 Å². The minimum atomic E-state index is 0.648. The zero-order valence-corrected chi connectivity index (χ0v) is 12.5. The molecule has 1 fully saturated rings. The predicted molar refractivity (Wildman–Crippen MR) is 86.0 cm³/mol. The van der Waals surface area contributed by atoms with Crippen LogP contribution in [0.4, 0.5) is 11.8 Å². The largest absolute Gasteiger partial charge is 0.383 e. The highest BCUT2D eigenvalue weighted by Gasteiger charge is 2.16. The molecule has 0 aliphatic carbocycles. The first kappa shape index (κ1) is 14.1. The Morgan fingerprint density at radius 1 is 1.14 bits per heavy atom. The van der Waals surface area contributed by atoms with Crippen LogP contribution in [-0.2, 0) is 4.74 Å². The van der Waals surface area contributed by atoms with Crippen LogP contribution in [0.25, 0.3) is 10.9 Å². The molecular weight excluding hydrogens is 264 g/mol. The van der Waals surface area contributed by atoms with Gasteiger partial charge in [0.25, 0.3) is 0 Å². The molecule has 0 amide bonds. The summed E-state index contributed by atoms with van der Waals surface area (Å²) in [6, 6.07) is 8.23. The molecule has 1 aliphatic rings. The number of fused-ring (bicyclic) bond motifs is 1. The van der Waals surface area contributed by atoms with Crippen LogP contribution >= 0.6 is 0 Å². The van der Waals surface area contributed by atoms with Gasteiger partial charge in [-0.2, -0.15) is 4.98 Å². The summed E-state index contributed by atoms with van der Waals surface area (Å²) in [4.78, 5) is 11.7. The van der Waals surface area contributed by atoms with Crippen molar-refractivity contribution in [1.29, 1.82) is 0 Å². The second-order valence-electron chi connectivity index (χ2n) is 5.36. The van der Waals surface area contributed by atoms with Crippen molar-refractivity contribution >= 4 is 22.7 Å². The van der Waals surface area contributed by atoms with E-state index in [1.54, 1.807) is 7.11 Å². The molecule has 112 valence electrons. The minimum absolute atomic E-state index is 0.648. The molecule has 1 aromatic heterocycles. The van der Waals surface area contributed by atoms with Crippen LogP contribution in [0.3, 0.4) is 0 Å². The van der Waals surface area contributed by atoms with E-state index in [4.69, 9.17) is 9.72 Å². The van der Waals surface area contributed by atoms with Crippen molar-refractivity contribution in [2.75, 3.05) is 43.6 Å². The molecule has 1 saturated heterocycles. The third-order valence-corrected chi connectivity index (χ3v) is 3.83. The highest BCUT2D eigenvalue weighted by atomic mass is 16.5. The van der Waals surface area contributed by atoms with E-state index in [0.29, 0.717) is 19.1 Å². The SMILES string of the molecule is COCCNc1nc(N2CCCCC2)c2ccccc2n1. The van der Waals surface area contributed by atoms with E-state index >= 15 is 0 Å². The zero-order valence-electron chi connectivity index (χ0n) is 12.5.